The molecule has 0 aromatic carbocycles. The fourth-order valence-electron chi connectivity index (χ4n) is 0.810. The molecule has 1 fully saturated rings. The van der Waals surface area contributed by atoms with Crippen LogP contribution in [0.4, 0.5) is 13.2 Å². The van der Waals surface area contributed by atoms with Gasteiger partial charge < -0.3 is 14.3 Å². The summed E-state index contributed by atoms with van der Waals surface area (Å²) in [5, 5.41) is 0. The lowest BCUT2D eigenvalue weighted by Gasteiger charge is -2.41. The van der Waals surface area contributed by atoms with E-state index in [4.69, 9.17) is 0 Å². The van der Waals surface area contributed by atoms with Crippen molar-refractivity contribution < 1.29 is 27.4 Å². The number of hydrogen-bond acceptors (Lipinski definition) is 3. The normalized spacial score (nSPS) is 21.6. The van der Waals surface area contributed by atoms with Crippen molar-refractivity contribution in [1.82, 2.24) is 0 Å². The van der Waals surface area contributed by atoms with Crippen molar-refractivity contribution >= 4 is 6.29 Å². The van der Waals surface area contributed by atoms with E-state index < -0.39 is 31.6 Å². The van der Waals surface area contributed by atoms with Crippen LogP contribution in [0.25, 0.3) is 0 Å². The highest BCUT2D eigenvalue weighted by molar-refractivity contribution is 5.50. The molecule has 1 aliphatic rings. The smallest absolute Gasteiger partial charge is 0.375 e. The molecule has 0 aliphatic carbocycles. The molecular formula is C6H7F3O3. The molecule has 0 N–H and O–H groups in total. The summed E-state index contributed by atoms with van der Waals surface area (Å²) in [5.74, 6) is 0. The Bertz CT molecular complexity index is 173. The van der Waals surface area contributed by atoms with E-state index in [1.165, 1.54) is 0 Å². The van der Waals surface area contributed by atoms with Gasteiger partial charge in [-0.15, -0.1) is 0 Å². The maximum Gasteiger partial charge on any atom is 0.422 e. The van der Waals surface area contributed by atoms with Crippen molar-refractivity contribution in [2.75, 3.05) is 19.8 Å². The monoisotopic (exact) mass is 184 g/mol. The minimum Gasteiger partial charge on any atom is -0.375 e. The Morgan fingerprint density at radius 1 is 1.50 bits per heavy atom. The molecule has 0 spiro atoms. The Morgan fingerprint density at radius 2 is 2.08 bits per heavy atom. The van der Waals surface area contributed by atoms with Crippen LogP contribution in [-0.2, 0) is 14.3 Å². The molecule has 12 heavy (non-hydrogen) atoms. The first kappa shape index (κ1) is 9.47. The van der Waals surface area contributed by atoms with Gasteiger partial charge in [-0.2, -0.15) is 13.2 Å². The average Bonchev–Trinajstić information content (AvgIpc) is 1.82. The van der Waals surface area contributed by atoms with Crippen molar-refractivity contribution in [3.63, 3.8) is 0 Å². The fourth-order valence-corrected chi connectivity index (χ4v) is 0.810. The lowest BCUT2D eigenvalue weighted by Crippen LogP contribution is -2.62. The number of alkyl halides is 3. The highest BCUT2D eigenvalue weighted by Gasteiger charge is 2.61. The number of ether oxygens (including phenoxy) is 2. The zero-order valence-corrected chi connectivity index (χ0v) is 6.06. The highest BCUT2D eigenvalue weighted by Crippen LogP contribution is 2.39. The molecule has 1 rings (SSSR count). The lowest BCUT2D eigenvalue weighted by atomic mass is 10.0. The molecule has 0 atom stereocenters. The van der Waals surface area contributed by atoms with E-state index in [9.17, 15) is 18.0 Å². The largest absolute Gasteiger partial charge is 0.422 e. The number of rotatable bonds is 3. The van der Waals surface area contributed by atoms with E-state index >= 15 is 0 Å². The minimum atomic E-state index is -4.46. The van der Waals surface area contributed by atoms with Crippen LogP contribution >= 0.6 is 0 Å². The molecule has 0 saturated carbocycles. The number of carbonyl (C=O) groups excluding carboxylic acids is 1. The molecule has 70 valence electrons. The van der Waals surface area contributed by atoms with E-state index in [0.29, 0.717) is 0 Å². The molecule has 0 unspecified atom stereocenters. The minimum absolute atomic E-state index is 0.284. The van der Waals surface area contributed by atoms with E-state index in [1.54, 1.807) is 0 Å². The molecule has 1 aliphatic heterocycles. The van der Waals surface area contributed by atoms with Crippen LogP contribution in [0.1, 0.15) is 0 Å². The zero-order chi connectivity index (χ0) is 9.24. The maximum absolute atomic E-state index is 12.2. The summed E-state index contributed by atoms with van der Waals surface area (Å²) in [6, 6.07) is 0. The van der Waals surface area contributed by atoms with Gasteiger partial charge in [0.05, 0.1) is 13.2 Å². The van der Waals surface area contributed by atoms with Crippen molar-refractivity contribution in [3.8, 4) is 0 Å². The summed E-state index contributed by atoms with van der Waals surface area (Å²) in [6.45, 7) is -1.60. The molecule has 0 aromatic rings. The Balaban J connectivity index is 2.56. The maximum atomic E-state index is 12.2. The van der Waals surface area contributed by atoms with Crippen LogP contribution < -0.4 is 0 Å². The van der Waals surface area contributed by atoms with Gasteiger partial charge in [0.2, 0.25) is 5.60 Å². The standard InChI is InChI=1S/C6H7F3O3/c7-6(8,9)5(3-11-4-5)12-2-1-10/h1H,2-4H2. The van der Waals surface area contributed by atoms with Gasteiger partial charge >= 0.3 is 6.18 Å². The summed E-state index contributed by atoms with van der Waals surface area (Å²) in [4.78, 5) is 9.79. The van der Waals surface area contributed by atoms with Crippen molar-refractivity contribution in [2.45, 2.75) is 11.8 Å². The van der Waals surface area contributed by atoms with Gasteiger partial charge in [0.25, 0.3) is 0 Å². The van der Waals surface area contributed by atoms with Crippen molar-refractivity contribution in [3.05, 3.63) is 0 Å². The van der Waals surface area contributed by atoms with Crippen LogP contribution in [0, 0.1) is 0 Å². The number of halogens is 3. The third kappa shape index (κ3) is 1.44. The molecule has 1 heterocycles. The summed E-state index contributed by atoms with van der Waals surface area (Å²) < 4.78 is 45.2. The first-order valence-electron chi connectivity index (χ1n) is 3.24. The second-order valence-corrected chi connectivity index (χ2v) is 2.46. The van der Waals surface area contributed by atoms with Crippen LogP contribution in [0.5, 0.6) is 0 Å². The Labute approximate surface area is 66.4 Å². The number of hydrogen-bond donors (Lipinski definition) is 0. The molecule has 0 amide bonds. The number of aldehydes is 1. The first-order chi connectivity index (χ1) is 5.52. The molecule has 3 nitrogen and oxygen atoms in total. The predicted octanol–water partition coefficient (Wildman–Crippen LogP) is 0.533. The highest BCUT2D eigenvalue weighted by atomic mass is 19.4. The third-order valence-electron chi connectivity index (χ3n) is 1.61. The van der Waals surface area contributed by atoms with E-state index in [0.717, 1.165) is 0 Å². The van der Waals surface area contributed by atoms with Gasteiger partial charge in [0.15, 0.2) is 0 Å². The van der Waals surface area contributed by atoms with Gasteiger partial charge in [-0.05, 0) is 0 Å². The summed E-state index contributed by atoms with van der Waals surface area (Å²) >= 11 is 0. The molecule has 1 saturated heterocycles. The van der Waals surface area contributed by atoms with Crippen LogP contribution in [0.15, 0.2) is 0 Å². The van der Waals surface area contributed by atoms with Gasteiger partial charge in [-0.1, -0.05) is 0 Å². The summed E-state index contributed by atoms with van der Waals surface area (Å²) in [5.41, 5.74) is -2.24. The predicted molar refractivity (Wildman–Crippen MR) is 31.6 cm³/mol. The second kappa shape index (κ2) is 3.02. The second-order valence-electron chi connectivity index (χ2n) is 2.46. The fraction of sp³-hybridized carbons (Fsp3) is 0.833. The van der Waals surface area contributed by atoms with E-state index in [-0.39, 0.29) is 6.29 Å². The Kier molecular flexibility index (Phi) is 2.39. The van der Waals surface area contributed by atoms with Crippen LogP contribution in [-0.4, -0.2) is 37.9 Å². The molecule has 0 bridgehead atoms. The van der Waals surface area contributed by atoms with Crippen molar-refractivity contribution in [2.24, 2.45) is 0 Å². The van der Waals surface area contributed by atoms with E-state index in [1.807, 2.05) is 0 Å². The quantitative estimate of drug-likeness (QED) is 0.600. The van der Waals surface area contributed by atoms with Crippen LogP contribution in [0.3, 0.4) is 0 Å². The van der Waals surface area contributed by atoms with Gasteiger partial charge in [0, 0.05) is 0 Å². The summed E-state index contributed by atoms with van der Waals surface area (Å²) in [6.07, 6.45) is -4.18. The van der Waals surface area contributed by atoms with E-state index in [2.05, 4.69) is 9.47 Å². The Morgan fingerprint density at radius 3 is 2.33 bits per heavy atom. The molecule has 6 heteroatoms. The molecule has 0 radical (unpaired) electrons. The zero-order valence-electron chi connectivity index (χ0n) is 6.06. The number of carbonyl (C=O) groups is 1. The first-order valence-corrected chi connectivity index (χ1v) is 3.24. The van der Waals surface area contributed by atoms with Crippen LogP contribution in [0.2, 0.25) is 0 Å². The Hall–Kier alpha value is -0.620. The van der Waals surface area contributed by atoms with Gasteiger partial charge in [-0.3, -0.25) is 0 Å². The summed E-state index contributed by atoms with van der Waals surface area (Å²) in [7, 11) is 0. The van der Waals surface area contributed by atoms with Crippen molar-refractivity contribution in [1.29, 1.82) is 0 Å². The van der Waals surface area contributed by atoms with Gasteiger partial charge in [-0.25, -0.2) is 0 Å². The topological polar surface area (TPSA) is 35.5 Å². The molecular weight excluding hydrogens is 177 g/mol. The molecule has 0 aromatic heterocycles. The van der Waals surface area contributed by atoms with Gasteiger partial charge in [0.1, 0.15) is 12.9 Å². The lowest BCUT2D eigenvalue weighted by molar-refractivity contribution is -0.347. The third-order valence-corrected chi connectivity index (χ3v) is 1.61. The average molecular weight is 184 g/mol. The SMILES string of the molecule is O=CCOC1(C(F)(F)F)COC1.